The number of hydrogen-bond donors (Lipinski definition) is 2. The first-order valence-corrected chi connectivity index (χ1v) is 13.4. The van der Waals surface area contributed by atoms with Gasteiger partial charge in [-0.1, -0.05) is 88.1 Å². The molecule has 0 radical (unpaired) electrons. The highest BCUT2D eigenvalue weighted by atomic mass is 16.5. The van der Waals surface area contributed by atoms with E-state index < -0.39 is 12.2 Å². The second-order valence-corrected chi connectivity index (χ2v) is 9.24. The van der Waals surface area contributed by atoms with E-state index in [0.717, 1.165) is 60.1 Å². The zero-order valence-corrected chi connectivity index (χ0v) is 21.8. The number of rotatable bonds is 18. The monoisotopic (exact) mass is 498 g/mol. The molecule has 0 spiro atoms. The summed E-state index contributed by atoms with van der Waals surface area (Å²) in [5, 5.41) is 24.4. The first-order chi connectivity index (χ1) is 17.7. The van der Waals surface area contributed by atoms with Crippen LogP contribution in [0.25, 0.3) is 21.5 Å². The summed E-state index contributed by atoms with van der Waals surface area (Å²) >= 11 is 0. The van der Waals surface area contributed by atoms with Crippen molar-refractivity contribution in [1.29, 1.82) is 0 Å². The third kappa shape index (κ3) is 8.34. The van der Waals surface area contributed by atoms with Gasteiger partial charge in [-0.2, -0.15) is 0 Å². The van der Waals surface area contributed by atoms with E-state index >= 15 is 0 Å². The molecule has 0 aliphatic heterocycles. The minimum Gasteiger partial charge on any atom is -0.489 e. The molecule has 3 aromatic rings. The molecule has 0 fully saturated rings. The fourth-order valence-corrected chi connectivity index (χ4v) is 4.16. The Labute approximate surface area is 215 Å². The Morgan fingerprint density at radius 1 is 0.556 bits per heavy atom. The lowest BCUT2D eigenvalue weighted by molar-refractivity contribution is 0.0112. The molecule has 0 aliphatic rings. The van der Waals surface area contributed by atoms with Gasteiger partial charge in [0.2, 0.25) is 0 Å². The Morgan fingerprint density at radius 2 is 0.917 bits per heavy atom. The smallest absolute Gasteiger partial charge is 0.135 e. The van der Waals surface area contributed by atoms with E-state index in [0.29, 0.717) is 24.7 Å². The van der Waals surface area contributed by atoms with Crippen molar-refractivity contribution in [3.05, 3.63) is 48.5 Å². The summed E-state index contributed by atoms with van der Waals surface area (Å²) in [7, 11) is 0. The average molecular weight is 499 g/mol. The van der Waals surface area contributed by atoms with Crippen LogP contribution >= 0.6 is 0 Å². The van der Waals surface area contributed by atoms with Gasteiger partial charge in [0, 0.05) is 34.8 Å². The van der Waals surface area contributed by atoms with E-state index in [-0.39, 0.29) is 26.4 Å². The number of benzene rings is 3. The maximum Gasteiger partial charge on any atom is 0.135 e. The van der Waals surface area contributed by atoms with Gasteiger partial charge in [-0.25, -0.2) is 0 Å². The number of aliphatic hydroxyl groups excluding tert-OH is 2. The first-order valence-electron chi connectivity index (χ1n) is 13.4. The Balaban J connectivity index is 1.72. The normalized spacial score (nSPS) is 13.2. The number of aliphatic hydroxyl groups is 2. The van der Waals surface area contributed by atoms with E-state index in [1.807, 2.05) is 48.5 Å². The summed E-state index contributed by atoms with van der Waals surface area (Å²) in [5.41, 5.74) is 0. The van der Waals surface area contributed by atoms with Gasteiger partial charge < -0.3 is 29.2 Å². The number of hydrogen-bond acceptors (Lipinski definition) is 6. The largest absolute Gasteiger partial charge is 0.489 e. The summed E-state index contributed by atoms with van der Waals surface area (Å²) in [4.78, 5) is 0. The highest BCUT2D eigenvalue weighted by Gasteiger charge is 2.18. The summed E-state index contributed by atoms with van der Waals surface area (Å²) in [6, 6.07) is 15.8. The molecule has 6 nitrogen and oxygen atoms in total. The van der Waals surface area contributed by atoms with Crippen molar-refractivity contribution in [2.24, 2.45) is 0 Å². The van der Waals surface area contributed by atoms with E-state index in [9.17, 15) is 10.2 Å². The van der Waals surface area contributed by atoms with Crippen molar-refractivity contribution < 1.29 is 29.2 Å². The Bertz CT molecular complexity index is 898. The van der Waals surface area contributed by atoms with Crippen molar-refractivity contribution in [3.8, 4) is 11.5 Å². The lowest BCUT2D eigenvalue weighted by Gasteiger charge is -2.20. The second-order valence-electron chi connectivity index (χ2n) is 9.24. The van der Waals surface area contributed by atoms with Gasteiger partial charge in [-0.15, -0.1) is 0 Å². The van der Waals surface area contributed by atoms with Crippen LogP contribution in [-0.2, 0) is 9.47 Å². The molecule has 0 aromatic heterocycles. The van der Waals surface area contributed by atoms with Gasteiger partial charge in [0.25, 0.3) is 0 Å². The molecule has 6 heteroatoms. The zero-order valence-electron chi connectivity index (χ0n) is 21.8. The van der Waals surface area contributed by atoms with Crippen LogP contribution in [0.1, 0.15) is 52.4 Å². The molecule has 0 saturated carbocycles. The molecule has 2 N–H and O–H groups in total. The van der Waals surface area contributed by atoms with Crippen LogP contribution in [0.2, 0.25) is 0 Å². The SMILES string of the molecule is CCCCCOCC(O)COc1c2ccccc2c(OCC(O)COCCCCC)c2ccccc12. The lowest BCUT2D eigenvalue weighted by Crippen LogP contribution is -2.24. The molecule has 3 aromatic carbocycles. The Kier molecular flexibility index (Phi) is 12.3. The number of fused-ring (bicyclic) bond motifs is 2. The molecule has 0 amide bonds. The molecular weight excluding hydrogens is 456 g/mol. The van der Waals surface area contributed by atoms with Crippen LogP contribution in [0.5, 0.6) is 11.5 Å². The molecule has 2 atom stereocenters. The maximum absolute atomic E-state index is 10.4. The molecule has 3 rings (SSSR count). The summed E-state index contributed by atoms with van der Waals surface area (Å²) in [6.07, 6.45) is 5.10. The summed E-state index contributed by atoms with van der Waals surface area (Å²) in [5.74, 6) is 1.41. The Hall–Kier alpha value is -2.38. The van der Waals surface area contributed by atoms with Crippen molar-refractivity contribution in [2.75, 3.05) is 39.6 Å². The van der Waals surface area contributed by atoms with Crippen molar-refractivity contribution in [3.63, 3.8) is 0 Å². The average Bonchev–Trinajstić information content (AvgIpc) is 2.90. The van der Waals surface area contributed by atoms with Gasteiger partial charge >= 0.3 is 0 Å². The molecule has 198 valence electrons. The molecule has 0 aliphatic carbocycles. The van der Waals surface area contributed by atoms with Crippen LogP contribution < -0.4 is 9.47 Å². The quantitative estimate of drug-likeness (QED) is 0.168. The maximum atomic E-state index is 10.4. The molecule has 36 heavy (non-hydrogen) atoms. The molecule has 0 heterocycles. The van der Waals surface area contributed by atoms with Crippen molar-refractivity contribution in [2.45, 2.75) is 64.6 Å². The molecule has 2 unspecified atom stereocenters. The van der Waals surface area contributed by atoms with Gasteiger partial charge in [0.15, 0.2) is 0 Å². The lowest BCUT2D eigenvalue weighted by atomic mass is 10.0. The third-order valence-electron chi connectivity index (χ3n) is 6.08. The summed E-state index contributed by atoms with van der Waals surface area (Å²) < 4.78 is 23.6. The van der Waals surface area contributed by atoms with Gasteiger partial charge in [-0.05, 0) is 12.8 Å². The fraction of sp³-hybridized carbons (Fsp3) is 0.533. The highest BCUT2D eigenvalue weighted by molar-refractivity contribution is 6.11. The number of ether oxygens (including phenoxy) is 4. The van der Waals surface area contributed by atoms with Crippen LogP contribution in [-0.4, -0.2) is 62.1 Å². The molecule has 0 saturated heterocycles. The minimum atomic E-state index is -0.715. The van der Waals surface area contributed by atoms with E-state index in [2.05, 4.69) is 13.8 Å². The third-order valence-corrected chi connectivity index (χ3v) is 6.08. The van der Waals surface area contributed by atoms with Crippen LogP contribution in [0.15, 0.2) is 48.5 Å². The van der Waals surface area contributed by atoms with Crippen molar-refractivity contribution in [1.82, 2.24) is 0 Å². The fourth-order valence-electron chi connectivity index (χ4n) is 4.16. The van der Waals surface area contributed by atoms with Gasteiger partial charge in [0.05, 0.1) is 13.2 Å². The molecule has 0 bridgehead atoms. The van der Waals surface area contributed by atoms with Crippen LogP contribution in [0.4, 0.5) is 0 Å². The zero-order chi connectivity index (χ0) is 25.6. The number of unbranched alkanes of at least 4 members (excludes halogenated alkanes) is 4. The predicted octanol–water partition coefficient (Wildman–Crippen LogP) is 5.89. The minimum absolute atomic E-state index is 0.135. The molecular formula is C30H42O6. The first kappa shape index (κ1) is 28.2. The van der Waals surface area contributed by atoms with Crippen LogP contribution in [0.3, 0.4) is 0 Å². The predicted molar refractivity (Wildman–Crippen MR) is 145 cm³/mol. The Morgan fingerprint density at radius 3 is 1.25 bits per heavy atom. The summed E-state index contributed by atoms with van der Waals surface area (Å²) in [6.45, 7) is 6.38. The standard InChI is InChI=1S/C30H42O6/c1-3-5-11-17-33-19-23(31)21-35-29-25-13-7-9-15-27(25)30(28-16-10-8-14-26(28)29)36-22-24(32)20-34-18-12-6-4-2/h7-10,13-16,23-24,31-32H,3-6,11-12,17-22H2,1-2H3. The van der Waals surface area contributed by atoms with Gasteiger partial charge in [0.1, 0.15) is 36.9 Å². The van der Waals surface area contributed by atoms with Crippen molar-refractivity contribution >= 4 is 21.5 Å². The van der Waals surface area contributed by atoms with E-state index in [1.165, 1.54) is 0 Å². The topological polar surface area (TPSA) is 77.4 Å². The van der Waals surface area contributed by atoms with Crippen LogP contribution in [0, 0.1) is 0 Å². The van der Waals surface area contributed by atoms with E-state index in [4.69, 9.17) is 18.9 Å². The van der Waals surface area contributed by atoms with Gasteiger partial charge in [-0.3, -0.25) is 0 Å². The second kappa shape index (κ2) is 15.7. The van der Waals surface area contributed by atoms with E-state index in [1.54, 1.807) is 0 Å². The highest BCUT2D eigenvalue weighted by Crippen LogP contribution is 2.42.